The van der Waals surface area contributed by atoms with Crippen molar-refractivity contribution in [2.24, 2.45) is 28.7 Å². The molecule has 0 saturated heterocycles. The lowest BCUT2D eigenvalue weighted by atomic mass is 9.61. The monoisotopic (exact) mass is 316 g/mol. The van der Waals surface area contributed by atoms with Crippen molar-refractivity contribution in [3.63, 3.8) is 0 Å². The summed E-state index contributed by atoms with van der Waals surface area (Å²) in [5.74, 6) is 0.856. The maximum atomic E-state index is 8.93. The van der Waals surface area contributed by atoms with Crippen molar-refractivity contribution in [2.45, 2.75) is 89.1 Å². The average Bonchev–Trinajstić information content (AvgIpc) is 2.59. The van der Waals surface area contributed by atoms with Gasteiger partial charge in [-0.3, -0.25) is 0 Å². The summed E-state index contributed by atoms with van der Waals surface area (Å²) in [4.78, 5) is 0. The van der Waals surface area contributed by atoms with Gasteiger partial charge >= 0.3 is 0 Å². The molecule has 0 aromatic heterocycles. The molecule has 0 aromatic carbocycles. The molecule has 23 heavy (non-hydrogen) atoms. The van der Waals surface area contributed by atoms with Gasteiger partial charge in [-0.25, -0.2) is 0 Å². The molecule has 2 fully saturated rings. The summed E-state index contributed by atoms with van der Waals surface area (Å²) in [6, 6.07) is 4.55. The predicted octanol–water partition coefficient (Wildman–Crippen LogP) is 3.96. The highest BCUT2D eigenvalue weighted by molar-refractivity contribution is 4.99. The van der Waals surface area contributed by atoms with Crippen molar-refractivity contribution < 1.29 is 0 Å². The fraction of sp³-hybridized carbons (Fsp3) is 0.895. The molecule has 4 nitrogen and oxygen atoms in total. The van der Waals surface area contributed by atoms with Crippen LogP contribution >= 0.6 is 0 Å². The Labute approximate surface area is 141 Å². The van der Waals surface area contributed by atoms with Crippen molar-refractivity contribution in [1.82, 2.24) is 0 Å². The summed E-state index contributed by atoms with van der Waals surface area (Å²) >= 11 is 0. The largest absolute Gasteiger partial charge is 0.313 e. The summed E-state index contributed by atoms with van der Waals surface area (Å²) in [5, 5.41) is 17.9. The van der Waals surface area contributed by atoms with Crippen LogP contribution in [-0.2, 0) is 0 Å². The fourth-order valence-electron chi connectivity index (χ4n) is 4.93. The minimum atomic E-state index is -0.531. The standard InChI is InChI=1S/C19H32N4/c20-14-4-10-18(11-5-15-21)12-8-17(9-13-18)19(22,23)16-6-2-1-3-7-16/h16-17H,1-13,22-23H2. The van der Waals surface area contributed by atoms with Crippen molar-refractivity contribution in [2.75, 3.05) is 0 Å². The molecule has 0 heterocycles. The molecule has 2 aliphatic rings. The summed E-state index contributed by atoms with van der Waals surface area (Å²) in [6.45, 7) is 0. The number of nitrogens with zero attached hydrogens (tertiary/aromatic N) is 2. The van der Waals surface area contributed by atoms with E-state index in [1.807, 2.05) is 0 Å². The van der Waals surface area contributed by atoms with Crippen LogP contribution in [0.3, 0.4) is 0 Å². The maximum Gasteiger partial charge on any atom is 0.0694 e. The Balaban J connectivity index is 1.97. The van der Waals surface area contributed by atoms with Gasteiger partial charge in [0.1, 0.15) is 0 Å². The molecule has 0 bridgehead atoms. The van der Waals surface area contributed by atoms with Gasteiger partial charge in [-0.2, -0.15) is 10.5 Å². The number of hydrogen-bond donors (Lipinski definition) is 2. The van der Waals surface area contributed by atoms with E-state index in [1.165, 1.54) is 32.1 Å². The Morgan fingerprint density at radius 1 is 0.826 bits per heavy atom. The number of hydrogen-bond acceptors (Lipinski definition) is 4. The van der Waals surface area contributed by atoms with Crippen LogP contribution in [0.15, 0.2) is 0 Å². The van der Waals surface area contributed by atoms with Crippen LogP contribution in [0.25, 0.3) is 0 Å². The number of nitriles is 2. The molecular weight excluding hydrogens is 284 g/mol. The van der Waals surface area contributed by atoms with Gasteiger partial charge in [-0.1, -0.05) is 19.3 Å². The molecule has 2 rings (SSSR count). The van der Waals surface area contributed by atoms with E-state index in [2.05, 4.69) is 12.1 Å². The van der Waals surface area contributed by atoms with Crippen LogP contribution in [0.4, 0.5) is 0 Å². The smallest absolute Gasteiger partial charge is 0.0694 e. The van der Waals surface area contributed by atoms with Crippen LogP contribution in [0.1, 0.15) is 83.5 Å². The molecule has 128 valence electrons. The van der Waals surface area contributed by atoms with E-state index in [9.17, 15) is 0 Å². The van der Waals surface area contributed by atoms with Gasteiger partial charge in [0, 0.05) is 12.8 Å². The van der Waals surface area contributed by atoms with Crippen molar-refractivity contribution in [3.05, 3.63) is 0 Å². The Hall–Kier alpha value is -1.10. The topological polar surface area (TPSA) is 99.6 Å². The van der Waals surface area contributed by atoms with Crippen LogP contribution in [-0.4, -0.2) is 5.66 Å². The van der Waals surface area contributed by atoms with Crippen molar-refractivity contribution in [1.29, 1.82) is 10.5 Å². The molecule has 0 radical (unpaired) electrons. The Morgan fingerprint density at radius 3 is 1.78 bits per heavy atom. The molecule has 0 aliphatic heterocycles. The minimum absolute atomic E-state index is 0.171. The second-order valence-electron chi connectivity index (χ2n) is 7.93. The first-order chi connectivity index (χ1) is 11.0. The summed E-state index contributed by atoms with van der Waals surface area (Å²) in [5.41, 5.74) is 12.9. The SMILES string of the molecule is N#CCCC1(CCC#N)CCC(C(N)(N)C2CCCCC2)CC1. The van der Waals surface area contributed by atoms with Crippen LogP contribution in [0.2, 0.25) is 0 Å². The third kappa shape index (κ3) is 4.46. The minimum Gasteiger partial charge on any atom is -0.313 e. The lowest BCUT2D eigenvalue weighted by Gasteiger charge is -2.48. The highest BCUT2D eigenvalue weighted by Crippen LogP contribution is 2.49. The molecule has 4 N–H and O–H groups in total. The van der Waals surface area contributed by atoms with Gasteiger partial charge in [-0.05, 0) is 68.6 Å². The number of rotatable bonds is 6. The quantitative estimate of drug-likeness (QED) is 0.724. The predicted molar refractivity (Wildman–Crippen MR) is 91.8 cm³/mol. The average molecular weight is 316 g/mol. The Bertz CT molecular complexity index is 423. The zero-order valence-electron chi connectivity index (χ0n) is 14.4. The second-order valence-corrected chi connectivity index (χ2v) is 7.93. The summed E-state index contributed by atoms with van der Waals surface area (Å²) in [6.07, 6.45) is 13.5. The molecule has 0 spiro atoms. The van der Waals surface area contributed by atoms with Crippen molar-refractivity contribution >= 4 is 0 Å². The lowest BCUT2D eigenvalue weighted by Crippen LogP contribution is -2.62. The molecule has 2 saturated carbocycles. The van der Waals surface area contributed by atoms with Gasteiger partial charge < -0.3 is 11.5 Å². The molecule has 0 aromatic rings. The molecule has 0 unspecified atom stereocenters. The van der Waals surface area contributed by atoms with Crippen molar-refractivity contribution in [3.8, 4) is 12.1 Å². The van der Waals surface area contributed by atoms with Crippen LogP contribution in [0, 0.1) is 39.9 Å². The first-order valence-electron chi connectivity index (χ1n) is 9.36. The maximum absolute atomic E-state index is 8.93. The highest BCUT2D eigenvalue weighted by atomic mass is 15.0. The second kappa shape index (κ2) is 8.13. The molecule has 4 heteroatoms. The van der Waals surface area contributed by atoms with Crippen LogP contribution in [0.5, 0.6) is 0 Å². The van der Waals surface area contributed by atoms with E-state index in [0.717, 1.165) is 38.5 Å². The summed E-state index contributed by atoms with van der Waals surface area (Å²) in [7, 11) is 0. The normalized spacial score (nSPS) is 23.1. The van der Waals surface area contributed by atoms with Gasteiger partial charge in [0.15, 0.2) is 0 Å². The van der Waals surface area contributed by atoms with E-state index >= 15 is 0 Å². The summed E-state index contributed by atoms with van der Waals surface area (Å²) < 4.78 is 0. The van der Waals surface area contributed by atoms with E-state index in [1.54, 1.807) is 0 Å². The van der Waals surface area contributed by atoms with Gasteiger partial charge in [0.25, 0.3) is 0 Å². The molecule has 0 amide bonds. The third-order valence-electron chi connectivity index (χ3n) is 6.60. The van der Waals surface area contributed by atoms with E-state index in [-0.39, 0.29) is 5.41 Å². The zero-order chi connectivity index (χ0) is 16.8. The molecule has 2 aliphatic carbocycles. The zero-order valence-corrected chi connectivity index (χ0v) is 14.4. The van der Waals surface area contributed by atoms with E-state index < -0.39 is 5.66 Å². The van der Waals surface area contributed by atoms with E-state index in [4.69, 9.17) is 22.0 Å². The third-order valence-corrected chi connectivity index (χ3v) is 6.60. The molecular formula is C19H32N4. The van der Waals surface area contributed by atoms with Gasteiger partial charge in [0.05, 0.1) is 17.8 Å². The Morgan fingerprint density at radius 2 is 1.30 bits per heavy atom. The fourth-order valence-corrected chi connectivity index (χ4v) is 4.93. The van der Waals surface area contributed by atoms with Gasteiger partial charge in [-0.15, -0.1) is 0 Å². The lowest BCUT2D eigenvalue weighted by molar-refractivity contribution is 0.0538. The van der Waals surface area contributed by atoms with E-state index in [0.29, 0.717) is 24.7 Å². The van der Waals surface area contributed by atoms with Crippen LogP contribution < -0.4 is 11.5 Å². The first-order valence-corrected chi connectivity index (χ1v) is 9.36. The van der Waals surface area contributed by atoms with Gasteiger partial charge in [0.2, 0.25) is 0 Å². The Kier molecular flexibility index (Phi) is 6.45. The highest BCUT2D eigenvalue weighted by Gasteiger charge is 2.44. The molecule has 0 atom stereocenters. The first kappa shape index (κ1) is 18.2. The number of nitrogens with two attached hydrogens (primary N) is 2.